The molecular weight excluding hydrogens is 414 g/mol. The second-order valence-electron chi connectivity index (χ2n) is 8.97. The molecule has 1 aromatic carbocycles. The first kappa shape index (κ1) is 22.0. The van der Waals surface area contributed by atoms with Crippen molar-refractivity contribution in [2.24, 2.45) is 11.8 Å². The van der Waals surface area contributed by atoms with Crippen LogP contribution >= 0.6 is 0 Å². The number of carbonyl (C=O) groups excluding carboxylic acids is 1. The van der Waals surface area contributed by atoms with Crippen molar-refractivity contribution in [2.45, 2.75) is 63.9 Å². The van der Waals surface area contributed by atoms with Crippen molar-refractivity contribution < 1.29 is 13.2 Å². The van der Waals surface area contributed by atoms with Gasteiger partial charge in [-0.3, -0.25) is 4.79 Å². The highest BCUT2D eigenvalue weighted by atomic mass is 32.2. The molecule has 0 aliphatic carbocycles. The minimum Gasteiger partial charge on any atom is -0.345 e. The first-order valence-electron chi connectivity index (χ1n) is 11.1. The molecule has 0 spiro atoms. The maximum Gasteiger partial charge on any atom is 0.251 e. The summed E-state index contributed by atoms with van der Waals surface area (Å²) in [5.41, 5.74) is 0.329. The summed E-state index contributed by atoms with van der Waals surface area (Å²) < 4.78 is 30.0. The fraction of sp³-hybridized carbons (Fsp3) is 0.591. The first-order valence-corrected chi connectivity index (χ1v) is 12.6. The van der Waals surface area contributed by atoms with E-state index in [-0.39, 0.29) is 17.3 Å². The lowest BCUT2D eigenvalue weighted by Gasteiger charge is -2.34. The lowest BCUT2D eigenvalue weighted by molar-refractivity contribution is 0.0949. The third-order valence-electron chi connectivity index (χ3n) is 6.16. The van der Waals surface area contributed by atoms with E-state index in [0.717, 1.165) is 43.9 Å². The van der Waals surface area contributed by atoms with Crippen LogP contribution in [0.4, 0.5) is 0 Å². The van der Waals surface area contributed by atoms with Crippen LogP contribution in [0.3, 0.4) is 0 Å². The Hall–Kier alpha value is -2.26. The standard InChI is InChI=1S/C22H31N5O3S/c1-16-11-17(2)15-26(14-16)31(29,30)19-8-6-7-18(12-19)22(28)23-13-21-25-24-20-9-4-3-5-10-27(20)21/h6-8,12,16-17H,3-5,9-11,13-15H2,1-2H3,(H,23,28). The van der Waals surface area contributed by atoms with Crippen LogP contribution in [0.25, 0.3) is 0 Å². The Kier molecular flexibility index (Phi) is 6.43. The summed E-state index contributed by atoms with van der Waals surface area (Å²) >= 11 is 0. The molecule has 2 unspecified atom stereocenters. The molecule has 31 heavy (non-hydrogen) atoms. The molecule has 1 amide bonds. The quantitative estimate of drug-likeness (QED) is 0.763. The summed E-state index contributed by atoms with van der Waals surface area (Å²) in [4.78, 5) is 12.9. The number of amides is 1. The number of aryl methyl sites for hydroxylation is 1. The highest BCUT2D eigenvalue weighted by Crippen LogP contribution is 2.27. The molecule has 2 atom stereocenters. The Morgan fingerprint density at radius 2 is 1.90 bits per heavy atom. The van der Waals surface area contributed by atoms with Gasteiger partial charge in [0.05, 0.1) is 11.4 Å². The minimum absolute atomic E-state index is 0.165. The molecule has 1 saturated heterocycles. The van der Waals surface area contributed by atoms with Crippen LogP contribution in [-0.2, 0) is 29.5 Å². The fourth-order valence-electron chi connectivity index (χ4n) is 4.69. The van der Waals surface area contributed by atoms with Gasteiger partial charge in [-0.05, 0) is 49.3 Å². The van der Waals surface area contributed by atoms with E-state index in [1.54, 1.807) is 22.5 Å². The van der Waals surface area contributed by atoms with E-state index in [1.807, 2.05) is 0 Å². The van der Waals surface area contributed by atoms with Crippen molar-refractivity contribution in [1.29, 1.82) is 0 Å². The molecule has 1 N–H and O–H groups in total. The molecule has 2 aliphatic rings. The van der Waals surface area contributed by atoms with E-state index in [1.165, 1.54) is 12.5 Å². The van der Waals surface area contributed by atoms with Crippen LogP contribution in [0.15, 0.2) is 29.2 Å². The van der Waals surface area contributed by atoms with Crippen LogP contribution in [0.5, 0.6) is 0 Å². The van der Waals surface area contributed by atoms with Gasteiger partial charge in [-0.15, -0.1) is 10.2 Å². The number of piperidine rings is 1. The van der Waals surface area contributed by atoms with Gasteiger partial charge in [0.25, 0.3) is 5.91 Å². The van der Waals surface area contributed by atoms with Crippen LogP contribution < -0.4 is 5.32 Å². The highest BCUT2D eigenvalue weighted by molar-refractivity contribution is 7.89. The largest absolute Gasteiger partial charge is 0.345 e. The molecule has 1 fully saturated rings. The van der Waals surface area contributed by atoms with E-state index in [2.05, 4.69) is 33.9 Å². The van der Waals surface area contributed by atoms with Crippen molar-refractivity contribution in [3.05, 3.63) is 41.5 Å². The van der Waals surface area contributed by atoms with E-state index in [9.17, 15) is 13.2 Å². The van der Waals surface area contributed by atoms with Crippen molar-refractivity contribution >= 4 is 15.9 Å². The molecule has 168 valence electrons. The van der Waals surface area contributed by atoms with Crippen molar-refractivity contribution in [3.63, 3.8) is 0 Å². The molecule has 3 heterocycles. The fourth-order valence-corrected chi connectivity index (χ4v) is 6.41. The number of sulfonamides is 1. The summed E-state index contributed by atoms with van der Waals surface area (Å²) in [7, 11) is -3.63. The maximum absolute atomic E-state index is 13.2. The third kappa shape index (κ3) is 4.82. The molecule has 2 aliphatic heterocycles. The minimum atomic E-state index is -3.63. The third-order valence-corrected chi connectivity index (χ3v) is 7.99. The maximum atomic E-state index is 13.2. The van der Waals surface area contributed by atoms with Gasteiger partial charge in [0.2, 0.25) is 10.0 Å². The lowest BCUT2D eigenvalue weighted by Crippen LogP contribution is -2.42. The first-order chi connectivity index (χ1) is 14.8. The van der Waals surface area contributed by atoms with Gasteiger partial charge in [0, 0.05) is 31.6 Å². The number of hydrogen-bond acceptors (Lipinski definition) is 5. The zero-order chi connectivity index (χ0) is 22.0. The van der Waals surface area contributed by atoms with Crippen LogP contribution in [0.2, 0.25) is 0 Å². The van der Waals surface area contributed by atoms with Gasteiger partial charge in [-0.1, -0.05) is 26.3 Å². The van der Waals surface area contributed by atoms with Crippen LogP contribution in [0, 0.1) is 11.8 Å². The van der Waals surface area contributed by atoms with E-state index in [0.29, 0.717) is 30.5 Å². The Balaban J connectivity index is 1.47. The summed E-state index contributed by atoms with van der Waals surface area (Å²) in [6, 6.07) is 6.30. The summed E-state index contributed by atoms with van der Waals surface area (Å²) in [6.07, 6.45) is 5.31. The Morgan fingerprint density at radius 1 is 1.13 bits per heavy atom. The van der Waals surface area contributed by atoms with Crippen LogP contribution in [-0.4, -0.2) is 46.5 Å². The molecular formula is C22H31N5O3S. The second-order valence-corrected chi connectivity index (χ2v) is 10.9. The number of benzene rings is 1. The number of aromatic nitrogens is 3. The molecule has 0 saturated carbocycles. The molecule has 1 aromatic heterocycles. The van der Waals surface area contributed by atoms with Crippen molar-refractivity contribution in [3.8, 4) is 0 Å². The number of nitrogens with one attached hydrogen (secondary N) is 1. The van der Waals surface area contributed by atoms with Gasteiger partial charge >= 0.3 is 0 Å². The van der Waals surface area contributed by atoms with Crippen molar-refractivity contribution in [2.75, 3.05) is 13.1 Å². The second kappa shape index (κ2) is 9.08. The average molecular weight is 446 g/mol. The number of fused-ring (bicyclic) bond motifs is 1. The van der Waals surface area contributed by atoms with Crippen molar-refractivity contribution in [1.82, 2.24) is 24.4 Å². The van der Waals surface area contributed by atoms with Crippen LogP contribution in [0.1, 0.15) is 61.5 Å². The Morgan fingerprint density at radius 3 is 2.68 bits per heavy atom. The molecule has 9 heteroatoms. The average Bonchev–Trinajstić information content (AvgIpc) is 2.97. The molecule has 4 rings (SSSR count). The zero-order valence-corrected chi connectivity index (χ0v) is 19.1. The van der Waals surface area contributed by atoms with E-state index >= 15 is 0 Å². The smallest absolute Gasteiger partial charge is 0.251 e. The summed E-state index contributed by atoms with van der Waals surface area (Å²) in [5.74, 6) is 2.04. The summed E-state index contributed by atoms with van der Waals surface area (Å²) in [6.45, 7) is 6.32. The van der Waals surface area contributed by atoms with Gasteiger partial charge in [-0.25, -0.2) is 8.42 Å². The van der Waals surface area contributed by atoms with E-state index < -0.39 is 10.0 Å². The molecule has 8 nitrogen and oxygen atoms in total. The summed E-state index contributed by atoms with van der Waals surface area (Å²) in [5, 5.41) is 11.4. The highest BCUT2D eigenvalue weighted by Gasteiger charge is 2.32. The Labute approximate surface area is 184 Å². The van der Waals surface area contributed by atoms with Gasteiger partial charge in [-0.2, -0.15) is 4.31 Å². The molecule has 2 aromatic rings. The number of carbonyl (C=O) groups is 1. The predicted octanol–water partition coefficient (Wildman–Crippen LogP) is 2.60. The van der Waals surface area contributed by atoms with E-state index in [4.69, 9.17) is 0 Å². The van der Waals surface area contributed by atoms with Gasteiger partial charge in [0.15, 0.2) is 5.82 Å². The van der Waals surface area contributed by atoms with Gasteiger partial charge in [0.1, 0.15) is 5.82 Å². The number of hydrogen-bond donors (Lipinski definition) is 1. The predicted molar refractivity (Wildman–Crippen MR) is 117 cm³/mol. The monoisotopic (exact) mass is 445 g/mol. The van der Waals surface area contributed by atoms with Gasteiger partial charge < -0.3 is 9.88 Å². The lowest BCUT2D eigenvalue weighted by atomic mass is 9.94. The molecule has 0 radical (unpaired) electrons. The number of rotatable bonds is 5. The SMILES string of the molecule is CC1CC(C)CN(S(=O)(=O)c2cccc(C(=O)NCc3nnc4n3CCCCC4)c2)C1. The normalized spacial score (nSPS) is 22.5. The molecule has 0 bridgehead atoms. The topological polar surface area (TPSA) is 97.2 Å². The number of nitrogens with zero attached hydrogens (tertiary/aromatic N) is 4. The Bertz CT molecular complexity index is 1040. The zero-order valence-electron chi connectivity index (χ0n) is 18.2.